The Balaban J connectivity index is 1.69. The zero-order valence-electron chi connectivity index (χ0n) is 11.3. The minimum absolute atomic E-state index is 0.0287. The molecule has 0 bridgehead atoms. The summed E-state index contributed by atoms with van der Waals surface area (Å²) in [6.07, 6.45) is 4.22. The van der Waals surface area contributed by atoms with Gasteiger partial charge >= 0.3 is 12.0 Å². The largest absolute Gasteiger partial charge is 0.481 e. The van der Waals surface area contributed by atoms with Crippen LogP contribution in [-0.2, 0) is 17.8 Å². The summed E-state index contributed by atoms with van der Waals surface area (Å²) in [5.74, 6) is -0.766. The van der Waals surface area contributed by atoms with Gasteiger partial charge in [0.15, 0.2) is 0 Å². The summed E-state index contributed by atoms with van der Waals surface area (Å²) >= 11 is 0. The highest BCUT2D eigenvalue weighted by Crippen LogP contribution is 2.04. The Morgan fingerprint density at radius 1 is 1.40 bits per heavy atom. The van der Waals surface area contributed by atoms with E-state index in [0.29, 0.717) is 26.1 Å². The van der Waals surface area contributed by atoms with Crippen molar-refractivity contribution in [1.82, 2.24) is 25.2 Å². The number of aliphatic carboxylic acids is 1. The first-order chi connectivity index (χ1) is 9.65. The second-order valence-electron chi connectivity index (χ2n) is 4.79. The van der Waals surface area contributed by atoms with E-state index in [4.69, 9.17) is 5.11 Å². The van der Waals surface area contributed by atoms with Gasteiger partial charge in [-0.05, 0) is 19.3 Å². The topological polar surface area (TPSA) is 100 Å². The van der Waals surface area contributed by atoms with E-state index in [9.17, 15) is 9.59 Å². The standard InChI is InChI=1S/C12H19N5O3/c18-11(19)4-2-1-3-10-9-17(15-14-10)8-7-16-6-5-13-12(16)20/h9H,1-8H2,(H,13,20)(H,18,19). The molecule has 0 saturated carbocycles. The van der Waals surface area contributed by atoms with Crippen LogP contribution in [0.1, 0.15) is 25.0 Å². The number of carboxylic acids is 1. The molecule has 2 heterocycles. The molecule has 0 spiro atoms. The Kier molecular flexibility index (Phi) is 4.91. The fraction of sp³-hybridized carbons (Fsp3) is 0.667. The summed E-state index contributed by atoms with van der Waals surface area (Å²) in [4.78, 5) is 23.5. The van der Waals surface area contributed by atoms with Gasteiger partial charge in [0, 0.05) is 32.3 Å². The van der Waals surface area contributed by atoms with Crippen LogP contribution in [0.5, 0.6) is 0 Å². The van der Waals surface area contributed by atoms with E-state index >= 15 is 0 Å². The third-order valence-corrected chi connectivity index (χ3v) is 3.20. The van der Waals surface area contributed by atoms with E-state index in [1.807, 2.05) is 6.20 Å². The molecule has 1 aliphatic rings. The Labute approximate surface area is 116 Å². The number of carbonyl (C=O) groups excluding carboxylic acids is 1. The highest BCUT2D eigenvalue weighted by atomic mass is 16.4. The van der Waals surface area contributed by atoms with Crippen LogP contribution in [0.3, 0.4) is 0 Å². The Hall–Kier alpha value is -2.12. The van der Waals surface area contributed by atoms with Crippen molar-refractivity contribution in [2.24, 2.45) is 0 Å². The third-order valence-electron chi connectivity index (χ3n) is 3.20. The molecule has 0 aliphatic carbocycles. The van der Waals surface area contributed by atoms with Gasteiger partial charge in [0.2, 0.25) is 0 Å². The van der Waals surface area contributed by atoms with Crippen LogP contribution in [-0.4, -0.2) is 56.6 Å². The molecule has 0 unspecified atom stereocenters. The molecule has 8 heteroatoms. The molecule has 1 aliphatic heterocycles. The lowest BCUT2D eigenvalue weighted by atomic mass is 10.1. The van der Waals surface area contributed by atoms with Gasteiger partial charge in [0.1, 0.15) is 0 Å². The van der Waals surface area contributed by atoms with Crippen LogP contribution in [0.25, 0.3) is 0 Å². The van der Waals surface area contributed by atoms with Gasteiger partial charge < -0.3 is 15.3 Å². The first-order valence-electron chi connectivity index (χ1n) is 6.79. The normalized spacial score (nSPS) is 14.6. The number of aryl methyl sites for hydroxylation is 1. The van der Waals surface area contributed by atoms with Gasteiger partial charge in [-0.15, -0.1) is 5.10 Å². The molecule has 8 nitrogen and oxygen atoms in total. The van der Waals surface area contributed by atoms with E-state index in [1.54, 1.807) is 9.58 Å². The molecule has 0 atom stereocenters. The van der Waals surface area contributed by atoms with Crippen LogP contribution in [0, 0.1) is 0 Å². The lowest BCUT2D eigenvalue weighted by molar-refractivity contribution is -0.137. The van der Waals surface area contributed by atoms with E-state index in [-0.39, 0.29) is 12.5 Å². The fourth-order valence-electron chi connectivity index (χ4n) is 2.09. The van der Waals surface area contributed by atoms with Crippen LogP contribution >= 0.6 is 0 Å². The first kappa shape index (κ1) is 14.3. The molecule has 1 saturated heterocycles. The van der Waals surface area contributed by atoms with E-state index in [1.165, 1.54) is 0 Å². The predicted octanol–water partition coefficient (Wildman–Crippen LogP) is 0.101. The molecule has 1 fully saturated rings. The molecule has 110 valence electrons. The minimum Gasteiger partial charge on any atom is -0.481 e. The third kappa shape index (κ3) is 4.22. The van der Waals surface area contributed by atoms with E-state index in [0.717, 1.165) is 25.1 Å². The number of carboxylic acid groups (broad SMARTS) is 1. The quantitative estimate of drug-likeness (QED) is 0.658. The predicted molar refractivity (Wildman–Crippen MR) is 70.2 cm³/mol. The van der Waals surface area contributed by atoms with Crippen molar-refractivity contribution < 1.29 is 14.7 Å². The second-order valence-corrected chi connectivity index (χ2v) is 4.79. The number of nitrogens with zero attached hydrogens (tertiary/aromatic N) is 4. The molecular formula is C12H19N5O3. The molecule has 1 aromatic rings. The van der Waals surface area contributed by atoms with Crippen molar-refractivity contribution in [3.63, 3.8) is 0 Å². The number of carbonyl (C=O) groups is 2. The van der Waals surface area contributed by atoms with Crippen LogP contribution < -0.4 is 5.32 Å². The summed E-state index contributed by atoms with van der Waals surface area (Å²) in [6, 6.07) is -0.0287. The van der Waals surface area contributed by atoms with E-state index < -0.39 is 5.97 Å². The summed E-state index contributed by atoms with van der Waals surface area (Å²) in [5.41, 5.74) is 0.862. The maximum Gasteiger partial charge on any atom is 0.317 e. The van der Waals surface area contributed by atoms with Crippen molar-refractivity contribution in [2.45, 2.75) is 32.2 Å². The average molecular weight is 281 g/mol. The Bertz CT molecular complexity index is 473. The number of urea groups is 1. The van der Waals surface area contributed by atoms with Crippen molar-refractivity contribution in [3.8, 4) is 0 Å². The Morgan fingerprint density at radius 3 is 2.95 bits per heavy atom. The van der Waals surface area contributed by atoms with Gasteiger partial charge in [-0.1, -0.05) is 5.21 Å². The lowest BCUT2D eigenvalue weighted by Gasteiger charge is -2.12. The molecule has 2 amide bonds. The molecule has 0 radical (unpaired) electrons. The van der Waals surface area contributed by atoms with Gasteiger partial charge in [-0.3, -0.25) is 9.48 Å². The van der Waals surface area contributed by atoms with Crippen molar-refractivity contribution in [1.29, 1.82) is 0 Å². The van der Waals surface area contributed by atoms with Crippen molar-refractivity contribution in [3.05, 3.63) is 11.9 Å². The number of rotatable bonds is 8. The molecule has 2 N–H and O–H groups in total. The first-order valence-corrected chi connectivity index (χ1v) is 6.79. The zero-order chi connectivity index (χ0) is 14.4. The Morgan fingerprint density at radius 2 is 2.25 bits per heavy atom. The monoisotopic (exact) mass is 281 g/mol. The summed E-state index contributed by atoms with van der Waals surface area (Å²) in [5, 5.41) is 19.3. The second kappa shape index (κ2) is 6.88. The highest BCUT2D eigenvalue weighted by molar-refractivity contribution is 5.76. The van der Waals surface area contributed by atoms with Crippen LogP contribution in [0.2, 0.25) is 0 Å². The maximum atomic E-state index is 11.4. The van der Waals surface area contributed by atoms with Crippen molar-refractivity contribution >= 4 is 12.0 Å². The van der Waals surface area contributed by atoms with Gasteiger partial charge in [0.05, 0.1) is 12.2 Å². The number of hydrogen-bond acceptors (Lipinski definition) is 4. The van der Waals surface area contributed by atoms with Crippen LogP contribution in [0.15, 0.2) is 6.20 Å². The van der Waals surface area contributed by atoms with Gasteiger partial charge in [-0.25, -0.2) is 4.79 Å². The van der Waals surface area contributed by atoms with Crippen LogP contribution in [0.4, 0.5) is 4.79 Å². The van der Waals surface area contributed by atoms with Crippen molar-refractivity contribution in [2.75, 3.05) is 19.6 Å². The minimum atomic E-state index is -0.766. The number of hydrogen-bond donors (Lipinski definition) is 2. The summed E-state index contributed by atoms with van der Waals surface area (Å²) in [6.45, 7) is 2.67. The van der Waals surface area contributed by atoms with Gasteiger partial charge in [0.25, 0.3) is 0 Å². The number of amides is 2. The molecule has 0 aromatic carbocycles. The smallest absolute Gasteiger partial charge is 0.317 e. The summed E-state index contributed by atoms with van der Waals surface area (Å²) < 4.78 is 1.72. The summed E-state index contributed by atoms with van der Waals surface area (Å²) in [7, 11) is 0. The maximum absolute atomic E-state index is 11.4. The highest BCUT2D eigenvalue weighted by Gasteiger charge is 2.18. The molecular weight excluding hydrogens is 262 g/mol. The lowest BCUT2D eigenvalue weighted by Crippen LogP contribution is -2.31. The molecule has 2 rings (SSSR count). The molecule has 20 heavy (non-hydrogen) atoms. The average Bonchev–Trinajstić information content (AvgIpc) is 3.01. The van der Waals surface area contributed by atoms with E-state index in [2.05, 4.69) is 15.6 Å². The number of unbranched alkanes of at least 4 members (excludes halogenated alkanes) is 1. The SMILES string of the molecule is O=C(O)CCCCc1cn(CCN2CCNC2=O)nn1. The van der Waals surface area contributed by atoms with Gasteiger partial charge in [-0.2, -0.15) is 0 Å². The molecule has 1 aromatic heterocycles. The number of aromatic nitrogens is 3. The number of nitrogens with one attached hydrogen (secondary N) is 1. The fourth-order valence-corrected chi connectivity index (χ4v) is 2.09. The zero-order valence-corrected chi connectivity index (χ0v) is 11.3.